The number of benzene rings is 1. The standard InChI is InChI=1S/C12H12F2/c1-3-5-9-7-10(6-4-2)12(14)8-11(9)13/h3-4,7-8H,1-2,5-6H2. The molecule has 1 aromatic rings. The van der Waals surface area contributed by atoms with Crippen LogP contribution in [-0.2, 0) is 12.8 Å². The van der Waals surface area contributed by atoms with Crippen LogP contribution in [0.4, 0.5) is 8.78 Å². The van der Waals surface area contributed by atoms with Crippen molar-refractivity contribution in [3.63, 3.8) is 0 Å². The van der Waals surface area contributed by atoms with E-state index in [1.54, 1.807) is 12.2 Å². The SMILES string of the molecule is C=CCc1cc(CC=C)c(F)cc1F. The van der Waals surface area contributed by atoms with Gasteiger partial charge in [0.25, 0.3) is 0 Å². The highest BCUT2D eigenvalue weighted by Crippen LogP contribution is 2.16. The molecule has 14 heavy (non-hydrogen) atoms. The summed E-state index contributed by atoms with van der Waals surface area (Å²) in [5.74, 6) is -1.04. The molecule has 0 spiro atoms. The average Bonchev–Trinajstić information content (AvgIpc) is 2.14. The van der Waals surface area contributed by atoms with Crippen molar-refractivity contribution in [3.8, 4) is 0 Å². The Balaban J connectivity index is 3.11. The lowest BCUT2D eigenvalue weighted by Crippen LogP contribution is -1.96. The van der Waals surface area contributed by atoms with Crippen molar-refractivity contribution in [2.45, 2.75) is 12.8 Å². The first-order valence-corrected chi connectivity index (χ1v) is 4.37. The monoisotopic (exact) mass is 194 g/mol. The quantitative estimate of drug-likeness (QED) is 0.644. The lowest BCUT2D eigenvalue weighted by molar-refractivity contribution is 0.567. The molecular weight excluding hydrogens is 182 g/mol. The van der Waals surface area contributed by atoms with Crippen LogP contribution in [0, 0.1) is 11.6 Å². The molecule has 0 aliphatic heterocycles. The van der Waals surface area contributed by atoms with E-state index < -0.39 is 11.6 Å². The molecule has 0 radical (unpaired) electrons. The lowest BCUT2D eigenvalue weighted by Gasteiger charge is -2.04. The summed E-state index contributed by atoms with van der Waals surface area (Å²) in [5, 5.41) is 0. The smallest absolute Gasteiger partial charge is 0.129 e. The van der Waals surface area contributed by atoms with E-state index in [2.05, 4.69) is 13.2 Å². The lowest BCUT2D eigenvalue weighted by atomic mass is 10.0. The van der Waals surface area contributed by atoms with E-state index in [4.69, 9.17) is 0 Å². The highest BCUT2D eigenvalue weighted by Gasteiger charge is 2.07. The first-order chi connectivity index (χ1) is 6.69. The van der Waals surface area contributed by atoms with Gasteiger partial charge in [-0.15, -0.1) is 13.2 Å². The van der Waals surface area contributed by atoms with Crippen LogP contribution in [0.15, 0.2) is 37.4 Å². The fraction of sp³-hybridized carbons (Fsp3) is 0.167. The molecule has 0 aromatic heterocycles. The topological polar surface area (TPSA) is 0 Å². The van der Waals surface area contributed by atoms with Crippen LogP contribution < -0.4 is 0 Å². The van der Waals surface area contributed by atoms with Gasteiger partial charge >= 0.3 is 0 Å². The molecule has 2 heteroatoms. The Kier molecular flexibility index (Phi) is 3.57. The summed E-state index contributed by atoms with van der Waals surface area (Å²) in [5.41, 5.74) is 0.941. The first kappa shape index (κ1) is 10.6. The van der Waals surface area contributed by atoms with E-state index in [0.717, 1.165) is 6.07 Å². The van der Waals surface area contributed by atoms with Gasteiger partial charge in [-0.05, 0) is 30.0 Å². The summed E-state index contributed by atoms with van der Waals surface area (Å²) < 4.78 is 26.3. The molecule has 0 heterocycles. The van der Waals surface area contributed by atoms with Gasteiger partial charge in [0.15, 0.2) is 0 Å². The van der Waals surface area contributed by atoms with Crippen molar-refractivity contribution < 1.29 is 8.78 Å². The zero-order chi connectivity index (χ0) is 10.6. The maximum absolute atomic E-state index is 13.1. The molecule has 0 unspecified atom stereocenters. The minimum absolute atomic E-state index is 0.413. The van der Waals surface area contributed by atoms with Gasteiger partial charge in [-0.25, -0.2) is 8.78 Å². The third-order valence-electron chi connectivity index (χ3n) is 1.94. The van der Waals surface area contributed by atoms with Crippen molar-refractivity contribution in [2.24, 2.45) is 0 Å². The zero-order valence-electron chi connectivity index (χ0n) is 7.89. The van der Waals surface area contributed by atoms with E-state index in [9.17, 15) is 8.78 Å². The first-order valence-electron chi connectivity index (χ1n) is 4.37. The fourth-order valence-electron chi connectivity index (χ4n) is 1.27. The largest absolute Gasteiger partial charge is 0.207 e. The molecule has 0 amide bonds. The highest BCUT2D eigenvalue weighted by molar-refractivity contribution is 5.29. The summed E-state index contributed by atoms with van der Waals surface area (Å²) in [7, 11) is 0. The molecule has 74 valence electrons. The zero-order valence-corrected chi connectivity index (χ0v) is 7.89. The molecule has 0 saturated carbocycles. The Morgan fingerprint density at radius 3 is 1.71 bits per heavy atom. The van der Waals surface area contributed by atoms with Crippen LogP contribution in [0.5, 0.6) is 0 Å². The van der Waals surface area contributed by atoms with E-state index in [1.165, 1.54) is 6.07 Å². The fourth-order valence-corrected chi connectivity index (χ4v) is 1.27. The number of hydrogen-bond donors (Lipinski definition) is 0. The summed E-state index contributed by atoms with van der Waals surface area (Å²) in [4.78, 5) is 0. The predicted molar refractivity (Wildman–Crippen MR) is 54.2 cm³/mol. The van der Waals surface area contributed by atoms with E-state index in [-0.39, 0.29) is 0 Å². The molecule has 0 fully saturated rings. The van der Waals surface area contributed by atoms with Crippen LogP contribution in [0.1, 0.15) is 11.1 Å². The second-order valence-corrected chi connectivity index (χ2v) is 3.02. The summed E-state index contributed by atoms with van der Waals surface area (Å²) in [6.45, 7) is 7.03. The molecule has 0 atom stereocenters. The Hall–Kier alpha value is -1.44. The van der Waals surface area contributed by atoms with Crippen molar-refractivity contribution in [3.05, 3.63) is 60.2 Å². The maximum Gasteiger partial charge on any atom is 0.129 e. The molecule has 0 nitrogen and oxygen atoms in total. The molecular formula is C12H12F2. The molecule has 0 aliphatic rings. The molecule has 1 aromatic carbocycles. The van der Waals surface area contributed by atoms with Crippen molar-refractivity contribution >= 4 is 0 Å². The second kappa shape index (κ2) is 4.70. The van der Waals surface area contributed by atoms with Gasteiger partial charge < -0.3 is 0 Å². The van der Waals surface area contributed by atoms with Gasteiger partial charge in [-0.2, -0.15) is 0 Å². The maximum atomic E-state index is 13.1. The van der Waals surface area contributed by atoms with Crippen LogP contribution >= 0.6 is 0 Å². The summed E-state index contributed by atoms with van der Waals surface area (Å²) in [6.07, 6.45) is 4.01. The van der Waals surface area contributed by atoms with Crippen LogP contribution in [-0.4, -0.2) is 0 Å². The van der Waals surface area contributed by atoms with E-state index in [0.29, 0.717) is 24.0 Å². The molecule has 0 bridgehead atoms. The second-order valence-electron chi connectivity index (χ2n) is 3.02. The minimum Gasteiger partial charge on any atom is -0.207 e. The van der Waals surface area contributed by atoms with Crippen LogP contribution in [0.3, 0.4) is 0 Å². The molecule has 0 saturated heterocycles. The predicted octanol–water partition coefficient (Wildman–Crippen LogP) is 3.42. The molecule has 0 N–H and O–H groups in total. The van der Waals surface area contributed by atoms with Gasteiger partial charge in [-0.3, -0.25) is 0 Å². The van der Waals surface area contributed by atoms with Gasteiger partial charge in [0.2, 0.25) is 0 Å². The average molecular weight is 194 g/mol. The summed E-state index contributed by atoms with van der Waals surface area (Å²) in [6, 6.07) is 2.44. The number of hydrogen-bond acceptors (Lipinski definition) is 0. The van der Waals surface area contributed by atoms with Gasteiger partial charge in [-0.1, -0.05) is 12.2 Å². The third-order valence-corrected chi connectivity index (χ3v) is 1.94. The van der Waals surface area contributed by atoms with Gasteiger partial charge in [0.05, 0.1) is 0 Å². The van der Waals surface area contributed by atoms with E-state index >= 15 is 0 Å². The van der Waals surface area contributed by atoms with Crippen LogP contribution in [0.25, 0.3) is 0 Å². The van der Waals surface area contributed by atoms with Crippen molar-refractivity contribution in [1.29, 1.82) is 0 Å². The number of halogens is 2. The van der Waals surface area contributed by atoms with Crippen molar-refractivity contribution in [1.82, 2.24) is 0 Å². The molecule has 0 aliphatic carbocycles. The summed E-state index contributed by atoms with van der Waals surface area (Å²) >= 11 is 0. The number of allylic oxidation sites excluding steroid dienone is 2. The minimum atomic E-state index is -0.518. The third kappa shape index (κ3) is 2.28. The Bertz CT molecular complexity index is 322. The van der Waals surface area contributed by atoms with Crippen molar-refractivity contribution in [2.75, 3.05) is 0 Å². The van der Waals surface area contributed by atoms with Gasteiger partial charge in [0.1, 0.15) is 11.6 Å². The normalized spacial score (nSPS) is 9.86. The molecule has 1 rings (SSSR count). The Morgan fingerprint density at radius 1 is 0.929 bits per heavy atom. The highest BCUT2D eigenvalue weighted by atomic mass is 19.1. The van der Waals surface area contributed by atoms with E-state index in [1.807, 2.05) is 0 Å². The Morgan fingerprint density at radius 2 is 1.36 bits per heavy atom. The Labute approximate surface area is 82.6 Å². The van der Waals surface area contributed by atoms with Gasteiger partial charge in [0, 0.05) is 6.07 Å². The van der Waals surface area contributed by atoms with Crippen LogP contribution in [0.2, 0.25) is 0 Å². The number of rotatable bonds is 4.